The van der Waals surface area contributed by atoms with E-state index in [0.29, 0.717) is 24.5 Å². The van der Waals surface area contributed by atoms with Gasteiger partial charge in [-0.15, -0.1) is 0 Å². The predicted octanol–water partition coefficient (Wildman–Crippen LogP) is 3.65. The van der Waals surface area contributed by atoms with Gasteiger partial charge in [-0.1, -0.05) is 23.7 Å². The molecule has 0 radical (unpaired) electrons. The molecule has 28 heavy (non-hydrogen) atoms. The van der Waals surface area contributed by atoms with Gasteiger partial charge in [-0.05, 0) is 54.8 Å². The minimum absolute atomic E-state index is 0.0409. The smallest absolute Gasteiger partial charge is 0.224 e. The molecule has 1 aliphatic rings. The Kier molecular flexibility index (Phi) is 6.93. The van der Waals surface area contributed by atoms with E-state index in [9.17, 15) is 9.59 Å². The third kappa shape index (κ3) is 5.49. The first kappa shape index (κ1) is 20.2. The van der Waals surface area contributed by atoms with Crippen molar-refractivity contribution in [3.63, 3.8) is 0 Å². The second-order valence-electron chi connectivity index (χ2n) is 7.03. The van der Waals surface area contributed by atoms with Gasteiger partial charge in [0.05, 0.1) is 6.42 Å². The average molecular weight is 400 g/mol. The van der Waals surface area contributed by atoms with Crippen molar-refractivity contribution >= 4 is 34.8 Å². The van der Waals surface area contributed by atoms with Gasteiger partial charge >= 0.3 is 0 Å². The summed E-state index contributed by atoms with van der Waals surface area (Å²) in [6, 6.07) is 15.3. The number of amides is 2. The molecule has 0 bridgehead atoms. The van der Waals surface area contributed by atoms with Crippen LogP contribution >= 0.6 is 11.6 Å². The lowest BCUT2D eigenvalue weighted by Gasteiger charge is -2.23. The van der Waals surface area contributed by atoms with E-state index in [1.165, 1.54) is 18.5 Å². The third-order valence-electron chi connectivity index (χ3n) is 4.95. The van der Waals surface area contributed by atoms with E-state index < -0.39 is 0 Å². The van der Waals surface area contributed by atoms with Crippen molar-refractivity contribution in [2.75, 3.05) is 36.0 Å². The number of anilines is 2. The molecule has 6 heteroatoms. The quantitative estimate of drug-likeness (QED) is 0.773. The van der Waals surface area contributed by atoms with Crippen LogP contribution in [-0.4, -0.2) is 38.0 Å². The first-order chi connectivity index (χ1) is 13.5. The van der Waals surface area contributed by atoms with E-state index >= 15 is 0 Å². The number of benzene rings is 2. The minimum Gasteiger partial charge on any atom is -0.372 e. The summed E-state index contributed by atoms with van der Waals surface area (Å²) in [7, 11) is 0. The summed E-state index contributed by atoms with van der Waals surface area (Å²) in [6.45, 7) is 4.57. The van der Waals surface area contributed by atoms with Gasteiger partial charge in [-0.25, -0.2) is 0 Å². The Morgan fingerprint density at radius 1 is 1.04 bits per heavy atom. The average Bonchev–Trinajstić information content (AvgIpc) is 3.22. The zero-order valence-electron chi connectivity index (χ0n) is 16.2. The lowest BCUT2D eigenvalue weighted by atomic mass is 10.1. The van der Waals surface area contributed by atoms with Crippen LogP contribution in [-0.2, 0) is 16.0 Å². The van der Waals surface area contributed by atoms with Gasteiger partial charge in [0.25, 0.3) is 0 Å². The maximum Gasteiger partial charge on any atom is 0.224 e. The first-order valence-electron chi connectivity index (χ1n) is 9.67. The molecule has 0 atom stereocenters. The van der Waals surface area contributed by atoms with Gasteiger partial charge in [-0.2, -0.15) is 0 Å². The Morgan fingerprint density at radius 2 is 1.68 bits per heavy atom. The second-order valence-corrected chi connectivity index (χ2v) is 7.47. The van der Waals surface area contributed by atoms with E-state index in [2.05, 4.69) is 22.3 Å². The van der Waals surface area contributed by atoms with Crippen molar-refractivity contribution in [3.8, 4) is 0 Å². The van der Waals surface area contributed by atoms with E-state index in [1.54, 1.807) is 24.0 Å². The molecule has 148 valence electrons. The van der Waals surface area contributed by atoms with Crippen molar-refractivity contribution in [1.29, 1.82) is 0 Å². The fraction of sp³-hybridized carbons (Fsp3) is 0.364. The van der Waals surface area contributed by atoms with Gasteiger partial charge in [0.1, 0.15) is 0 Å². The SMILES string of the molecule is CC(=O)N(CCNC(=O)Cc1ccc(Cl)cc1)c1ccc(N2CCCC2)cc1. The highest BCUT2D eigenvalue weighted by Gasteiger charge is 2.15. The highest BCUT2D eigenvalue weighted by molar-refractivity contribution is 6.30. The van der Waals surface area contributed by atoms with Gasteiger partial charge in [0, 0.05) is 49.5 Å². The van der Waals surface area contributed by atoms with Gasteiger partial charge in [0.15, 0.2) is 0 Å². The van der Waals surface area contributed by atoms with Crippen molar-refractivity contribution in [1.82, 2.24) is 5.32 Å². The summed E-state index contributed by atoms with van der Waals surface area (Å²) < 4.78 is 0. The lowest BCUT2D eigenvalue weighted by molar-refractivity contribution is -0.121. The molecule has 0 spiro atoms. The van der Waals surface area contributed by atoms with Crippen molar-refractivity contribution in [3.05, 3.63) is 59.1 Å². The Hall–Kier alpha value is -2.53. The van der Waals surface area contributed by atoms with Crippen LogP contribution in [0.1, 0.15) is 25.3 Å². The largest absolute Gasteiger partial charge is 0.372 e. The molecule has 1 N–H and O–H groups in total. The molecule has 2 amide bonds. The first-order valence-corrected chi connectivity index (χ1v) is 10.0. The zero-order chi connectivity index (χ0) is 19.9. The number of nitrogens with one attached hydrogen (secondary N) is 1. The predicted molar refractivity (Wildman–Crippen MR) is 114 cm³/mol. The van der Waals surface area contributed by atoms with Crippen molar-refractivity contribution in [2.45, 2.75) is 26.2 Å². The van der Waals surface area contributed by atoms with Crippen LogP contribution in [0, 0.1) is 0 Å². The molecule has 1 aliphatic heterocycles. The van der Waals surface area contributed by atoms with E-state index in [1.807, 2.05) is 24.3 Å². The number of rotatable bonds is 7. The Bertz CT molecular complexity index is 800. The number of nitrogens with zero attached hydrogens (tertiary/aromatic N) is 2. The summed E-state index contributed by atoms with van der Waals surface area (Å²) in [4.78, 5) is 28.2. The topological polar surface area (TPSA) is 52.7 Å². The van der Waals surface area contributed by atoms with Crippen LogP contribution < -0.4 is 15.1 Å². The van der Waals surface area contributed by atoms with Gasteiger partial charge < -0.3 is 15.1 Å². The number of hydrogen-bond donors (Lipinski definition) is 1. The number of hydrogen-bond acceptors (Lipinski definition) is 3. The molecule has 1 fully saturated rings. The summed E-state index contributed by atoms with van der Waals surface area (Å²) in [6.07, 6.45) is 2.76. The molecule has 1 heterocycles. The van der Waals surface area contributed by atoms with Gasteiger partial charge in [-0.3, -0.25) is 9.59 Å². The summed E-state index contributed by atoms with van der Waals surface area (Å²) in [5.74, 6) is -0.115. The van der Waals surface area contributed by atoms with Crippen LogP contribution in [0.15, 0.2) is 48.5 Å². The fourth-order valence-corrected chi connectivity index (χ4v) is 3.57. The normalized spacial score (nSPS) is 13.4. The maximum atomic E-state index is 12.1. The van der Waals surface area contributed by atoms with Crippen molar-refractivity contribution in [2.24, 2.45) is 0 Å². The molecular formula is C22H26ClN3O2. The third-order valence-corrected chi connectivity index (χ3v) is 5.20. The lowest BCUT2D eigenvalue weighted by Crippen LogP contribution is -2.38. The standard InChI is InChI=1S/C22H26ClN3O2/c1-17(27)26(21-10-8-20(9-11-21)25-13-2-3-14-25)15-12-24-22(28)16-18-4-6-19(23)7-5-18/h4-11H,2-3,12-16H2,1H3,(H,24,28). The minimum atomic E-state index is -0.0739. The zero-order valence-corrected chi connectivity index (χ0v) is 16.9. The van der Waals surface area contributed by atoms with Crippen LogP contribution in [0.25, 0.3) is 0 Å². The van der Waals surface area contributed by atoms with Crippen molar-refractivity contribution < 1.29 is 9.59 Å². The molecule has 2 aromatic carbocycles. The second kappa shape index (κ2) is 9.60. The summed E-state index contributed by atoms with van der Waals surface area (Å²) >= 11 is 5.86. The Labute approximate surface area is 171 Å². The van der Waals surface area contributed by atoms with Crippen LogP contribution in [0.2, 0.25) is 5.02 Å². The maximum absolute atomic E-state index is 12.1. The molecule has 5 nitrogen and oxygen atoms in total. The van der Waals surface area contributed by atoms with E-state index in [4.69, 9.17) is 11.6 Å². The molecule has 3 rings (SSSR count). The molecule has 2 aromatic rings. The monoisotopic (exact) mass is 399 g/mol. The molecule has 0 aromatic heterocycles. The number of carbonyl (C=O) groups is 2. The van der Waals surface area contributed by atoms with Crippen LogP contribution in [0.3, 0.4) is 0 Å². The number of halogens is 1. The Balaban J connectivity index is 1.52. The molecular weight excluding hydrogens is 374 g/mol. The molecule has 0 aliphatic carbocycles. The number of carbonyl (C=O) groups excluding carboxylic acids is 2. The summed E-state index contributed by atoms with van der Waals surface area (Å²) in [5.41, 5.74) is 2.95. The van der Waals surface area contributed by atoms with E-state index in [0.717, 1.165) is 24.3 Å². The Morgan fingerprint density at radius 3 is 2.29 bits per heavy atom. The van der Waals surface area contributed by atoms with Crippen LogP contribution in [0.4, 0.5) is 11.4 Å². The summed E-state index contributed by atoms with van der Waals surface area (Å²) in [5, 5.41) is 3.53. The highest BCUT2D eigenvalue weighted by Crippen LogP contribution is 2.24. The van der Waals surface area contributed by atoms with Crippen LogP contribution in [0.5, 0.6) is 0 Å². The molecule has 0 saturated carbocycles. The highest BCUT2D eigenvalue weighted by atomic mass is 35.5. The molecule has 0 unspecified atom stereocenters. The van der Waals surface area contributed by atoms with Gasteiger partial charge in [0.2, 0.25) is 11.8 Å². The fourth-order valence-electron chi connectivity index (χ4n) is 3.44. The molecule has 1 saturated heterocycles. The van der Waals surface area contributed by atoms with E-state index in [-0.39, 0.29) is 11.8 Å².